The number of carbonyl (C=O) groups is 1. The minimum atomic E-state index is -3.83. The van der Waals surface area contributed by atoms with Crippen molar-refractivity contribution in [2.24, 2.45) is 0 Å². The maximum Gasteiger partial charge on any atom is 0.505 e. The summed E-state index contributed by atoms with van der Waals surface area (Å²) in [5.41, 5.74) is 0.823. The van der Waals surface area contributed by atoms with Gasteiger partial charge in [0.15, 0.2) is 15.7 Å². The number of hydrogen-bond donors (Lipinski definition) is 2. The van der Waals surface area contributed by atoms with E-state index >= 15 is 0 Å². The SMILES string of the molecule is CCCCCCCCCCCCCCCCN(C)S(=O)(=O)c1ccc(Cl)c(Nc2cc(CCOC(=O)O)n(-c3c(Cl)cc(S(C)(=O)=O)cc3Cl)n2)c1. The molecule has 1 heterocycles. The summed E-state index contributed by atoms with van der Waals surface area (Å²) >= 11 is 19.4. The summed E-state index contributed by atoms with van der Waals surface area (Å²) in [6.45, 7) is 2.40. The molecule has 0 aliphatic rings. The molecule has 16 heteroatoms. The summed E-state index contributed by atoms with van der Waals surface area (Å²) in [6, 6.07) is 8.40. The summed E-state index contributed by atoms with van der Waals surface area (Å²) in [4.78, 5) is 10.9. The van der Waals surface area contributed by atoms with Gasteiger partial charge in [0.2, 0.25) is 10.0 Å². The Kier molecular flexibility index (Phi) is 18.0. The summed E-state index contributed by atoms with van der Waals surface area (Å²) < 4.78 is 58.6. The van der Waals surface area contributed by atoms with Crippen molar-refractivity contribution in [3.05, 3.63) is 57.2 Å². The third-order valence-electron chi connectivity index (χ3n) is 8.73. The fourth-order valence-electron chi connectivity index (χ4n) is 5.78. The van der Waals surface area contributed by atoms with E-state index in [0.29, 0.717) is 12.2 Å². The molecule has 290 valence electrons. The van der Waals surface area contributed by atoms with Crippen molar-refractivity contribution in [2.75, 3.05) is 31.8 Å². The number of ether oxygens (including phenoxy) is 1. The Balaban J connectivity index is 1.64. The first-order chi connectivity index (χ1) is 24.6. The van der Waals surface area contributed by atoms with Gasteiger partial charge in [-0.2, -0.15) is 0 Å². The lowest BCUT2D eigenvalue weighted by Gasteiger charge is -2.18. The van der Waals surface area contributed by atoms with Crippen LogP contribution in [0.2, 0.25) is 15.1 Å². The van der Waals surface area contributed by atoms with Crippen LogP contribution in [0.5, 0.6) is 0 Å². The molecule has 1 aromatic heterocycles. The lowest BCUT2D eigenvalue weighted by molar-refractivity contribution is 0.0923. The number of nitrogens with one attached hydrogen (secondary N) is 1. The van der Waals surface area contributed by atoms with Crippen LogP contribution >= 0.6 is 34.8 Å². The van der Waals surface area contributed by atoms with Crippen LogP contribution in [-0.2, 0) is 31.0 Å². The van der Waals surface area contributed by atoms with Crippen molar-refractivity contribution in [2.45, 2.75) is 113 Å². The van der Waals surface area contributed by atoms with Gasteiger partial charge in [-0.05, 0) is 36.8 Å². The number of benzene rings is 2. The summed E-state index contributed by atoms with van der Waals surface area (Å²) in [5, 5.41) is 16.7. The molecule has 11 nitrogen and oxygen atoms in total. The maximum atomic E-state index is 13.5. The van der Waals surface area contributed by atoms with Crippen LogP contribution in [0.15, 0.2) is 46.2 Å². The highest BCUT2D eigenvalue weighted by molar-refractivity contribution is 7.90. The predicted octanol–water partition coefficient (Wildman–Crippen LogP) is 10.3. The van der Waals surface area contributed by atoms with Gasteiger partial charge in [0.25, 0.3) is 0 Å². The van der Waals surface area contributed by atoms with E-state index in [2.05, 4.69) is 22.1 Å². The van der Waals surface area contributed by atoms with Crippen LogP contribution in [0.25, 0.3) is 5.69 Å². The van der Waals surface area contributed by atoms with Crippen molar-refractivity contribution >= 4 is 72.3 Å². The Bertz CT molecular complexity index is 1810. The van der Waals surface area contributed by atoms with E-state index in [1.165, 1.54) is 104 Å². The summed E-state index contributed by atoms with van der Waals surface area (Å²) in [6.07, 6.45) is 16.7. The molecular weight excluding hydrogens is 771 g/mol. The number of unbranched alkanes of at least 4 members (excludes halogenated alkanes) is 13. The molecule has 0 fully saturated rings. The van der Waals surface area contributed by atoms with Crippen LogP contribution in [-0.4, -0.2) is 68.6 Å². The normalized spacial score (nSPS) is 12.1. The molecule has 0 amide bonds. The molecule has 0 bridgehead atoms. The van der Waals surface area contributed by atoms with Crippen LogP contribution < -0.4 is 5.32 Å². The quantitative estimate of drug-likeness (QED) is 0.0665. The minimum Gasteiger partial charge on any atom is -0.450 e. The Labute approximate surface area is 323 Å². The zero-order chi connectivity index (χ0) is 38.3. The minimum absolute atomic E-state index is 0.0176. The third-order valence-corrected chi connectivity index (χ3v) is 12.6. The van der Waals surface area contributed by atoms with E-state index < -0.39 is 26.0 Å². The predicted molar refractivity (Wildman–Crippen MR) is 209 cm³/mol. The van der Waals surface area contributed by atoms with Crippen molar-refractivity contribution in [1.82, 2.24) is 14.1 Å². The van der Waals surface area contributed by atoms with Gasteiger partial charge < -0.3 is 15.2 Å². The van der Waals surface area contributed by atoms with E-state index in [9.17, 15) is 21.6 Å². The molecule has 3 rings (SSSR count). The van der Waals surface area contributed by atoms with E-state index in [-0.39, 0.29) is 55.1 Å². The number of rotatable bonds is 24. The number of carboxylic acid groups (broad SMARTS) is 1. The fourth-order valence-corrected chi connectivity index (χ4v) is 8.62. The molecule has 0 saturated heterocycles. The molecule has 52 heavy (non-hydrogen) atoms. The van der Waals surface area contributed by atoms with E-state index in [1.54, 1.807) is 13.1 Å². The van der Waals surface area contributed by atoms with E-state index in [1.807, 2.05) is 0 Å². The molecule has 2 N–H and O–H groups in total. The Hall–Kier alpha value is -2.55. The number of halogens is 3. The summed E-state index contributed by atoms with van der Waals surface area (Å²) in [5.74, 6) is 0.205. The third kappa shape index (κ3) is 13.7. The average molecular weight is 822 g/mol. The molecule has 0 saturated carbocycles. The average Bonchev–Trinajstić information content (AvgIpc) is 3.46. The molecule has 0 radical (unpaired) electrons. The number of aromatic nitrogens is 2. The highest BCUT2D eigenvalue weighted by atomic mass is 35.5. The van der Waals surface area contributed by atoms with E-state index in [0.717, 1.165) is 31.9 Å². The number of sulfonamides is 1. The number of nitrogens with zero attached hydrogens (tertiary/aromatic N) is 3. The van der Waals surface area contributed by atoms with Gasteiger partial charge in [-0.3, -0.25) is 0 Å². The van der Waals surface area contributed by atoms with Crippen molar-refractivity contribution < 1.29 is 31.5 Å². The lowest BCUT2D eigenvalue weighted by atomic mass is 10.0. The van der Waals surface area contributed by atoms with Gasteiger partial charge in [-0.1, -0.05) is 125 Å². The number of sulfone groups is 1. The number of hydrogen-bond acceptors (Lipinski definition) is 8. The highest BCUT2D eigenvalue weighted by Gasteiger charge is 2.23. The zero-order valence-electron chi connectivity index (χ0n) is 30.2. The second-order valence-corrected chi connectivity index (χ2v) is 18.3. The van der Waals surface area contributed by atoms with Crippen molar-refractivity contribution in [3.63, 3.8) is 0 Å². The van der Waals surface area contributed by atoms with Crippen LogP contribution in [0.1, 0.15) is 103 Å². The van der Waals surface area contributed by atoms with Crippen molar-refractivity contribution in [3.8, 4) is 5.69 Å². The first kappa shape index (κ1) is 43.9. The van der Waals surface area contributed by atoms with Gasteiger partial charge in [0, 0.05) is 38.0 Å². The summed E-state index contributed by atoms with van der Waals surface area (Å²) in [7, 11) is -5.89. The molecule has 0 atom stereocenters. The molecule has 0 unspecified atom stereocenters. The fraction of sp³-hybridized carbons (Fsp3) is 0.556. The molecule has 0 spiro atoms. The monoisotopic (exact) mass is 820 g/mol. The Morgan fingerprint density at radius 3 is 1.87 bits per heavy atom. The van der Waals surface area contributed by atoms with E-state index in [4.69, 9.17) is 39.9 Å². The topological polar surface area (TPSA) is 148 Å². The van der Waals surface area contributed by atoms with Gasteiger partial charge >= 0.3 is 6.16 Å². The molecule has 0 aliphatic heterocycles. The molecular formula is C36H51Cl3N4O7S2. The highest BCUT2D eigenvalue weighted by Crippen LogP contribution is 2.35. The Morgan fingerprint density at radius 2 is 1.35 bits per heavy atom. The second-order valence-electron chi connectivity index (χ2n) is 13.0. The Morgan fingerprint density at radius 1 is 0.808 bits per heavy atom. The largest absolute Gasteiger partial charge is 0.505 e. The standard InChI is InChI=1S/C36H51Cl3N4O7S2/c1-4-5-6-7-8-9-10-11-12-13-14-15-16-17-21-42(2)52(48,49)28-18-19-30(37)33(26-28)40-34-23-27(20-22-50-36(44)45)43(41-34)35-31(38)24-29(25-32(35)39)51(3,46)47/h18-19,23-26H,4-17,20-22H2,1-3H3,(H,40,41)(H,44,45). The second kappa shape index (κ2) is 21.4. The maximum absolute atomic E-state index is 13.5. The van der Waals surface area contributed by atoms with Gasteiger partial charge in [-0.25, -0.2) is 30.6 Å². The smallest absolute Gasteiger partial charge is 0.450 e. The van der Waals surface area contributed by atoms with Gasteiger partial charge in [0.05, 0.1) is 30.5 Å². The number of anilines is 2. The van der Waals surface area contributed by atoms with Crippen LogP contribution in [0.3, 0.4) is 0 Å². The van der Waals surface area contributed by atoms with Crippen molar-refractivity contribution in [1.29, 1.82) is 0 Å². The van der Waals surface area contributed by atoms with Crippen LogP contribution in [0.4, 0.5) is 16.3 Å². The van der Waals surface area contributed by atoms with Gasteiger partial charge in [-0.15, -0.1) is 5.10 Å². The van der Waals surface area contributed by atoms with Gasteiger partial charge in [0.1, 0.15) is 12.3 Å². The zero-order valence-corrected chi connectivity index (χ0v) is 34.1. The first-order valence-corrected chi connectivity index (χ1v) is 22.3. The first-order valence-electron chi connectivity index (χ1n) is 17.8. The van der Waals surface area contributed by atoms with Crippen LogP contribution in [0, 0.1) is 0 Å². The molecule has 0 aliphatic carbocycles. The molecule has 3 aromatic rings. The molecule has 2 aromatic carbocycles. The lowest BCUT2D eigenvalue weighted by Crippen LogP contribution is -2.28.